The van der Waals surface area contributed by atoms with Gasteiger partial charge in [0.05, 0.1) is 0 Å². The number of benzene rings is 1. The molecule has 1 aromatic rings. The Bertz CT molecular complexity index is 493. The first-order valence-corrected chi connectivity index (χ1v) is 4.76. The lowest BCUT2D eigenvalue weighted by Gasteiger charge is -2.24. The van der Waals surface area contributed by atoms with Crippen molar-refractivity contribution >= 4 is 5.97 Å². The number of carboxylic acid groups (broad SMARTS) is 1. The third kappa shape index (κ3) is 3.75. The van der Waals surface area contributed by atoms with Gasteiger partial charge in [-0.3, -0.25) is 0 Å². The average molecular weight is 306 g/mol. The van der Waals surface area contributed by atoms with Gasteiger partial charge in [-0.1, -0.05) is 0 Å². The number of halogens is 7. The molecule has 1 N–H and O–H groups in total. The Balaban J connectivity index is 3.22. The van der Waals surface area contributed by atoms with E-state index in [0.29, 0.717) is 12.1 Å². The van der Waals surface area contributed by atoms with E-state index >= 15 is 0 Å². The first-order valence-electron chi connectivity index (χ1n) is 4.76. The molecule has 1 rings (SSSR count). The summed E-state index contributed by atoms with van der Waals surface area (Å²) in [5.41, 5.74) is -1.15. The van der Waals surface area contributed by atoms with Crippen molar-refractivity contribution in [3.63, 3.8) is 0 Å². The predicted octanol–water partition coefficient (Wildman–Crippen LogP) is 3.40. The molecular formula is C10H5F7O3. The van der Waals surface area contributed by atoms with Crippen LogP contribution in [-0.2, 0) is 0 Å². The summed E-state index contributed by atoms with van der Waals surface area (Å²) >= 11 is 0. The van der Waals surface area contributed by atoms with Gasteiger partial charge in [-0.15, -0.1) is 0 Å². The van der Waals surface area contributed by atoms with Gasteiger partial charge in [0, 0.05) is 0 Å². The second-order valence-electron chi connectivity index (χ2n) is 3.53. The maximum Gasteiger partial charge on any atom is 0.434 e. The van der Waals surface area contributed by atoms with E-state index in [1.165, 1.54) is 0 Å². The van der Waals surface area contributed by atoms with Crippen LogP contribution < -0.4 is 4.74 Å². The standard InChI is InChI=1S/C10H5F7O3/c11-4-1-2-6(5(3-4)7(18)19)20-8(9(12,13)14)10(15,16)17/h1-3,8H,(H,18,19). The third-order valence-electron chi connectivity index (χ3n) is 2.01. The maximum atomic E-state index is 12.7. The number of carboxylic acids is 1. The molecule has 3 nitrogen and oxygen atoms in total. The molecule has 0 aromatic heterocycles. The van der Waals surface area contributed by atoms with E-state index < -0.39 is 41.6 Å². The van der Waals surface area contributed by atoms with Crippen LogP contribution in [0.2, 0.25) is 0 Å². The van der Waals surface area contributed by atoms with Crippen LogP contribution in [0.25, 0.3) is 0 Å². The number of alkyl halides is 6. The summed E-state index contributed by atoms with van der Waals surface area (Å²) < 4.78 is 89.9. The summed E-state index contributed by atoms with van der Waals surface area (Å²) in [6, 6.07) is 1.11. The molecule has 0 aliphatic rings. The molecule has 0 fully saturated rings. The van der Waals surface area contributed by atoms with Crippen molar-refractivity contribution in [1.82, 2.24) is 0 Å². The van der Waals surface area contributed by atoms with Gasteiger partial charge in [0.2, 0.25) is 0 Å². The summed E-state index contributed by atoms with van der Waals surface area (Å²) in [4.78, 5) is 10.6. The normalized spacial score (nSPS) is 12.6. The molecule has 0 aliphatic heterocycles. The first kappa shape index (κ1) is 16.1. The minimum Gasteiger partial charge on any atom is -0.478 e. The highest BCUT2D eigenvalue weighted by Gasteiger charge is 2.59. The van der Waals surface area contributed by atoms with Crippen molar-refractivity contribution in [2.75, 3.05) is 0 Å². The molecule has 112 valence electrons. The first-order chi connectivity index (χ1) is 8.93. The highest BCUT2D eigenvalue weighted by Crippen LogP contribution is 2.37. The van der Waals surface area contributed by atoms with Crippen LogP contribution >= 0.6 is 0 Å². The van der Waals surface area contributed by atoms with Crippen molar-refractivity contribution in [1.29, 1.82) is 0 Å². The molecule has 0 unspecified atom stereocenters. The molecule has 0 bridgehead atoms. The van der Waals surface area contributed by atoms with E-state index in [2.05, 4.69) is 4.74 Å². The van der Waals surface area contributed by atoms with Crippen LogP contribution in [0, 0.1) is 5.82 Å². The molecule has 10 heteroatoms. The van der Waals surface area contributed by atoms with E-state index in [4.69, 9.17) is 5.11 Å². The second-order valence-corrected chi connectivity index (χ2v) is 3.53. The number of carbonyl (C=O) groups is 1. The Morgan fingerprint density at radius 1 is 1.10 bits per heavy atom. The van der Waals surface area contributed by atoms with Crippen molar-refractivity contribution < 1.29 is 45.4 Å². The van der Waals surface area contributed by atoms with E-state index in [-0.39, 0.29) is 6.07 Å². The highest BCUT2D eigenvalue weighted by atomic mass is 19.4. The lowest BCUT2D eigenvalue weighted by molar-refractivity contribution is -0.300. The molecule has 0 amide bonds. The van der Waals surface area contributed by atoms with Gasteiger partial charge in [0.1, 0.15) is 17.1 Å². The fourth-order valence-electron chi connectivity index (χ4n) is 1.22. The average Bonchev–Trinajstić information content (AvgIpc) is 2.23. The lowest BCUT2D eigenvalue weighted by atomic mass is 10.2. The van der Waals surface area contributed by atoms with E-state index in [1.54, 1.807) is 0 Å². The molecule has 1 aromatic carbocycles. The van der Waals surface area contributed by atoms with Crippen molar-refractivity contribution in [3.8, 4) is 5.75 Å². The number of hydrogen-bond acceptors (Lipinski definition) is 2. The third-order valence-corrected chi connectivity index (χ3v) is 2.01. The fraction of sp³-hybridized carbons (Fsp3) is 0.300. The van der Waals surface area contributed by atoms with Crippen LogP contribution in [0.5, 0.6) is 5.75 Å². The predicted molar refractivity (Wildman–Crippen MR) is 49.9 cm³/mol. The molecule has 0 spiro atoms. The molecule has 20 heavy (non-hydrogen) atoms. The van der Waals surface area contributed by atoms with Gasteiger partial charge in [0.25, 0.3) is 6.10 Å². The van der Waals surface area contributed by atoms with Gasteiger partial charge in [-0.05, 0) is 18.2 Å². The highest BCUT2D eigenvalue weighted by molar-refractivity contribution is 5.90. The SMILES string of the molecule is O=C(O)c1cc(F)ccc1OC(C(F)(F)F)C(F)(F)F. The van der Waals surface area contributed by atoms with Crippen LogP contribution in [0.1, 0.15) is 10.4 Å². The number of aromatic carboxylic acids is 1. The number of hydrogen-bond donors (Lipinski definition) is 1. The zero-order valence-electron chi connectivity index (χ0n) is 9.22. The smallest absolute Gasteiger partial charge is 0.434 e. The Morgan fingerprint density at radius 2 is 1.60 bits per heavy atom. The molecule has 0 atom stereocenters. The largest absolute Gasteiger partial charge is 0.478 e. The van der Waals surface area contributed by atoms with Gasteiger partial charge >= 0.3 is 18.3 Å². The second kappa shape index (κ2) is 5.17. The van der Waals surface area contributed by atoms with Gasteiger partial charge < -0.3 is 9.84 Å². The van der Waals surface area contributed by atoms with Crippen molar-refractivity contribution in [3.05, 3.63) is 29.6 Å². The zero-order valence-corrected chi connectivity index (χ0v) is 9.22. The fourth-order valence-corrected chi connectivity index (χ4v) is 1.22. The molecule has 0 saturated heterocycles. The summed E-state index contributed by atoms with van der Waals surface area (Å²) in [7, 11) is 0. The van der Waals surface area contributed by atoms with Crippen LogP contribution in [0.15, 0.2) is 18.2 Å². The molecule has 0 aliphatic carbocycles. The lowest BCUT2D eigenvalue weighted by Crippen LogP contribution is -2.46. The quantitative estimate of drug-likeness (QED) is 0.871. The van der Waals surface area contributed by atoms with Crippen molar-refractivity contribution in [2.24, 2.45) is 0 Å². The summed E-state index contributed by atoms with van der Waals surface area (Å²) in [6.07, 6.45) is -15.8. The van der Waals surface area contributed by atoms with Gasteiger partial charge in [-0.2, -0.15) is 26.3 Å². The van der Waals surface area contributed by atoms with E-state index in [0.717, 1.165) is 0 Å². The number of ether oxygens (including phenoxy) is 1. The van der Waals surface area contributed by atoms with Crippen molar-refractivity contribution in [2.45, 2.75) is 18.5 Å². The van der Waals surface area contributed by atoms with E-state index in [9.17, 15) is 35.5 Å². The minimum atomic E-state index is -5.80. The van der Waals surface area contributed by atoms with Crippen LogP contribution in [0.3, 0.4) is 0 Å². The summed E-state index contributed by atoms with van der Waals surface area (Å²) in [5.74, 6) is -4.31. The Hall–Kier alpha value is -2.00. The Kier molecular flexibility index (Phi) is 4.15. The zero-order chi connectivity index (χ0) is 15.7. The van der Waals surface area contributed by atoms with Crippen LogP contribution in [0.4, 0.5) is 30.7 Å². The monoisotopic (exact) mass is 306 g/mol. The maximum absolute atomic E-state index is 12.7. The Labute approximate surface area is 106 Å². The molecule has 0 heterocycles. The molecule has 0 radical (unpaired) electrons. The summed E-state index contributed by atoms with van der Waals surface area (Å²) in [5, 5.41) is 8.60. The molecule has 0 saturated carbocycles. The van der Waals surface area contributed by atoms with E-state index in [1.807, 2.05) is 0 Å². The molecular weight excluding hydrogens is 301 g/mol. The Morgan fingerprint density at radius 3 is 2.00 bits per heavy atom. The topological polar surface area (TPSA) is 46.5 Å². The number of rotatable bonds is 3. The summed E-state index contributed by atoms with van der Waals surface area (Å²) in [6.45, 7) is 0. The van der Waals surface area contributed by atoms with Crippen LogP contribution in [-0.4, -0.2) is 29.5 Å². The van der Waals surface area contributed by atoms with Gasteiger partial charge in [0.15, 0.2) is 0 Å². The minimum absolute atomic E-state index is 0.251. The van der Waals surface area contributed by atoms with Gasteiger partial charge in [-0.25, -0.2) is 9.18 Å².